The number of aromatic hydroxyl groups is 1. The van der Waals surface area contributed by atoms with Crippen molar-refractivity contribution in [3.63, 3.8) is 0 Å². The molecular weight excluding hydrogens is 544 g/mol. The Labute approximate surface area is 263 Å². The Morgan fingerprint density at radius 3 is 1.18 bits per heavy atom. The molecule has 8 bridgehead atoms. The Morgan fingerprint density at radius 2 is 0.886 bits per heavy atom. The van der Waals surface area contributed by atoms with Gasteiger partial charge in [0.05, 0.1) is 19.8 Å². The molecule has 0 atom stereocenters. The smallest absolute Gasteiger partial charge is 0.126 e. The quantitative estimate of drug-likeness (QED) is 0.156. The van der Waals surface area contributed by atoms with E-state index in [1.54, 1.807) is 0 Å². The van der Waals surface area contributed by atoms with Crippen molar-refractivity contribution in [1.29, 1.82) is 0 Å². The van der Waals surface area contributed by atoms with Gasteiger partial charge in [0, 0.05) is 25.7 Å². The van der Waals surface area contributed by atoms with E-state index in [0.29, 0.717) is 51.3 Å². The first-order valence-corrected chi connectivity index (χ1v) is 16.2. The molecule has 1 aliphatic rings. The summed E-state index contributed by atoms with van der Waals surface area (Å²) < 4.78 is 19.5. The number of allylic oxidation sites excluding steroid dienone is 1. The molecule has 0 radical (unpaired) electrons. The van der Waals surface area contributed by atoms with Crippen LogP contribution in [0.1, 0.15) is 90.1 Å². The van der Waals surface area contributed by atoms with E-state index < -0.39 is 0 Å². The highest BCUT2D eigenvalue weighted by atomic mass is 16.5. The minimum atomic E-state index is 0.337. The van der Waals surface area contributed by atoms with Crippen molar-refractivity contribution >= 4 is 0 Å². The summed E-state index contributed by atoms with van der Waals surface area (Å²) in [6, 6.07) is 23.5. The summed E-state index contributed by atoms with van der Waals surface area (Å²) in [6.45, 7) is 12.3. The number of hydrogen-bond acceptors (Lipinski definition) is 4. The number of benzene rings is 4. The Morgan fingerprint density at radius 1 is 0.568 bits per heavy atom. The third-order valence-corrected chi connectivity index (χ3v) is 8.12. The number of phenols is 1. The van der Waals surface area contributed by atoms with E-state index >= 15 is 0 Å². The summed E-state index contributed by atoms with van der Waals surface area (Å²) in [5, 5.41) is 11.7. The second kappa shape index (κ2) is 15.0. The fraction of sp³-hybridized carbons (Fsp3) is 0.350. The standard InChI is InChI=1S/C40H46O4/c1-5-12-28-22-35-26-33-17-10-15-31(39(33)43-20-7-3)24-29-13-9-14-30(38(29)42-19-6-2)25-32-16-11-18-34(40(32)44-21-8-4)27-36(23-28)37(35)41/h5,9-11,13-18,22-23,41H,1,6-8,12,19-21,24-27H2,2-4H3. The van der Waals surface area contributed by atoms with Crippen molar-refractivity contribution in [2.45, 2.75) is 72.1 Å². The van der Waals surface area contributed by atoms with E-state index in [9.17, 15) is 5.11 Å². The van der Waals surface area contributed by atoms with Crippen molar-refractivity contribution < 1.29 is 19.3 Å². The average molecular weight is 591 g/mol. The topological polar surface area (TPSA) is 47.9 Å². The minimum Gasteiger partial charge on any atom is -0.507 e. The molecule has 0 heterocycles. The molecule has 0 spiro atoms. The van der Waals surface area contributed by atoms with Crippen molar-refractivity contribution in [3.8, 4) is 23.0 Å². The van der Waals surface area contributed by atoms with Crippen LogP contribution in [-0.2, 0) is 32.1 Å². The second-order valence-corrected chi connectivity index (χ2v) is 11.7. The highest BCUT2D eigenvalue weighted by molar-refractivity contribution is 5.56. The number of fused-ring (bicyclic) bond motifs is 8. The minimum absolute atomic E-state index is 0.337. The van der Waals surface area contributed by atoms with Gasteiger partial charge < -0.3 is 19.3 Å². The molecule has 0 saturated heterocycles. The molecule has 0 aromatic heterocycles. The summed E-state index contributed by atoms with van der Waals surface area (Å²) in [6.07, 6.45) is 7.92. The first-order chi connectivity index (χ1) is 21.6. The van der Waals surface area contributed by atoms with E-state index in [2.05, 4.69) is 94.1 Å². The van der Waals surface area contributed by atoms with Gasteiger partial charge in [-0.25, -0.2) is 0 Å². The molecule has 4 aromatic rings. The van der Waals surface area contributed by atoms with E-state index in [1.807, 2.05) is 6.08 Å². The zero-order valence-corrected chi connectivity index (χ0v) is 26.6. The average Bonchev–Trinajstić information content (AvgIpc) is 3.02. The van der Waals surface area contributed by atoms with Crippen LogP contribution in [0.15, 0.2) is 79.4 Å². The third-order valence-electron chi connectivity index (χ3n) is 8.12. The molecule has 44 heavy (non-hydrogen) atoms. The summed E-state index contributed by atoms with van der Waals surface area (Å²) in [5.41, 5.74) is 9.60. The third kappa shape index (κ3) is 7.13. The van der Waals surface area contributed by atoms with Crippen molar-refractivity contribution in [2.24, 2.45) is 0 Å². The number of para-hydroxylation sites is 3. The van der Waals surface area contributed by atoms with Gasteiger partial charge in [0.25, 0.3) is 0 Å². The van der Waals surface area contributed by atoms with Gasteiger partial charge in [-0.3, -0.25) is 0 Å². The van der Waals surface area contributed by atoms with Gasteiger partial charge in [-0.2, -0.15) is 0 Å². The molecule has 0 amide bonds. The van der Waals surface area contributed by atoms with Crippen LogP contribution in [0, 0.1) is 0 Å². The lowest BCUT2D eigenvalue weighted by atomic mass is 9.90. The highest BCUT2D eigenvalue weighted by Gasteiger charge is 2.21. The molecule has 4 aromatic carbocycles. The Kier molecular flexibility index (Phi) is 10.7. The van der Waals surface area contributed by atoms with Crippen LogP contribution < -0.4 is 14.2 Å². The summed E-state index contributed by atoms with van der Waals surface area (Å²) >= 11 is 0. The maximum Gasteiger partial charge on any atom is 0.126 e. The van der Waals surface area contributed by atoms with Crippen LogP contribution in [0.2, 0.25) is 0 Å². The van der Waals surface area contributed by atoms with Gasteiger partial charge in [-0.1, -0.05) is 93.6 Å². The van der Waals surface area contributed by atoms with Gasteiger partial charge in [0.1, 0.15) is 23.0 Å². The predicted octanol–water partition coefficient (Wildman–Crippen LogP) is 9.16. The molecule has 5 rings (SSSR count). The lowest BCUT2D eigenvalue weighted by molar-refractivity contribution is 0.306. The number of phenolic OH excluding ortho intramolecular Hbond substituents is 1. The largest absolute Gasteiger partial charge is 0.507 e. The first-order valence-electron chi connectivity index (χ1n) is 16.2. The zero-order valence-electron chi connectivity index (χ0n) is 26.6. The Bertz CT molecular complexity index is 1480. The fourth-order valence-corrected chi connectivity index (χ4v) is 6.12. The maximum absolute atomic E-state index is 11.7. The van der Waals surface area contributed by atoms with Gasteiger partial charge in [-0.05, 0) is 75.8 Å². The van der Waals surface area contributed by atoms with Crippen LogP contribution in [0.5, 0.6) is 23.0 Å². The van der Waals surface area contributed by atoms with Crippen molar-refractivity contribution in [2.75, 3.05) is 19.8 Å². The molecule has 230 valence electrons. The summed E-state index contributed by atoms with van der Waals surface area (Å²) in [7, 11) is 0. The van der Waals surface area contributed by atoms with Gasteiger partial charge in [0.15, 0.2) is 0 Å². The fourth-order valence-electron chi connectivity index (χ4n) is 6.12. The SMILES string of the molecule is C=CCc1cc2c(O)c(c1)Cc1cccc(c1OCCC)Cc1cccc(c1OCCC)Cc1cccc(c1OCCC)C2. The number of hydrogen-bond donors (Lipinski definition) is 1. The molecule has 1 N–H and O–H groups in total. The zero-order chi connectivity index (χ0) is 30.9. The van der Waals surface area contributed by atoms with Crippen LogP contribution in [0.3, 0.4) is 0 Å². The molecule has 4 nitrogen and oxygen atoms in total. The first kappa shape index (κ1) is 31.3. The van der Waals surface area contributed by atoms with E-state index in [1.165, 1.54) is 0 Å². The van der Waals surface area contributed by atoms with E-state index in [-0.39, 0.29) is 0 Å². The van der Waals surface area contributed by atoms with Crippen molar-refractivity contribution in [1.82, 2.24) is 0 Å². The van der Waals surface area contributed by atoms with E-state index in [0.717, 1.165) is 93.0 Å². The lowest BCUT2D eigenvalue weighted by Crippen LogP contribution is -2.09. The van der Waals surface area contributed by atoms with Crippen LogP contribution >= 0.6 is 0 Å². The van der Waals surface area contributed by atoms with Gasteiger partial charge >= 0.3 is 0 Å². The van der Waals surface area contributed by atoms with Crippen LogP contribution in [0.4, 0.5) is 0 Å². The van der Waals surface area contributed by atoms with Crippen LogP contribution in [-0.4, -0.2) is 24.9 Å². The summed E-state index contributed by atoms with van der Waals surface area (Å²) in [4.78, 5) is 0. The molecule has 0 unspecified atom stereocenters. The molecule has 0 fully saturated rings. The number of rotatable bonds is 11. The maximum atomic E-state index is 11.7. The molecule has 0 aliphatic heterocycles. The predicted molar refractivity (Wildman–Crippen MR) is 180 cm³/mol. The molecule has 0 saturated carbocycles. The van der Waals surface area contributed by atoms with Gasteiger partial charge in [-0.15, -0.1) is 6.58 Å². The van der Waals surface area contributed by atoms with Crippen molar-refractivity contribution in [3.05, 3.63) is 129 Å². The van der Waals surface area contributed by atoms with Crippen LogP contribution in [0.25, 0.3) is 0 Å². The molecule has 4 heteroatoms. The monoisotopic (exact) mass is 590 g/mol. The number of ether oxygens (including phenoxy) is 3. The Balaban J connectivity index is 1.76. The summed E-state index contributed by atoms with van der Waals surface area (Å²) in [5.74, 6) is 3.11. The normalized spacial score (nSPS) is 12.4. The second-order valence-electron chi connectivity index (χ2n) is 11.7. The van der Waals surface area contributed by atoms with E-state index in [4.69, 9.17) is 14.2 Å². The molecule has 1 aliphatic carbocycles. The Hall–Kier alpha value is -4.18. The molecular formula is C40H46O4. The lowest BCUT2D eigenvalue weighted by Gasteiger charge is -2.22. The van der Waals surface area contributed by atoms with Gasteiger partial charge in [0.2, 0.25) is 0 Å². The highest BCUT2D eigenvalue weighted by Crippen LogP contribution is 2.39.